The van der Waals surface area contributed by atoms with Gasteiger partial charge >= 0.3 is 0 Å². The summed E-state index contributed by atoms with van der Waals surface area (Å²) in [5.41, 5.74) is 1.03. The summed E-state index contributed by atoms with van der Waals surface area (Å²) in [6.45, 7) is 0. The van der Waals surface area contributed by atoms with Crippen LogP contribution in [0, 0.1) is 0 Å². The van der Waals surface area contributed by atoms with Crippen molar-refractivity contribution in [3.8, 4) is 0 Å². The third kappa shape index (κ3) is 1.65. The highest BCUT2D eigenvalue weighted by Crippen LogP contribution is 2.41. The Hall–Kier alpha value is -0.900. The maximum Gasteiger partial charge on any atom is 0.0834 e. The van der Waals surface area contributed by atoms with Crippen molar-refractivity contribution in [3.05, 3.63) is 46.0 Å². The van der Waals surface area contributed by atoms with Crippen LogP contribution in [0.2, 0.25) is 0 Å². The number of halogens is 1. The Morgan fingerprint density at radius 3 is 3.25 bits per heavy atom. The first-order valence-corrected chi connectivity index (χ1v) is 6.25. The van der Waals surface area contributed by atoms with Gasteiger partial charge in [0.1, 0.15) is 0 Å². The molecule has 0 aromatic carbocycles. The van der Waals surface area contributed by atoms with E-state index < -0.39 is 6.10 Å². The fourth-order valence-corrected chi connectivity index (χ4v) is 3.44. The van der Waals surface area contributed by atoms with E-state index in [9.17, 15) is 5.11 Å². The minimum atomic E-state index is -0.464. The van der Waals surface area contributed by atoms with Crippen molar-refractivity contribution in [2.45, 2.75) is 17.6 Å². The highest BCUT2D eigenvalue weighted by molar-refractivity contribution is 8.03. The fraction of sp³-hybridized carbons (Fsp3) is 0.167. The second-order valence-corrected chi connectivity index (χ2v) is 5.32. The predicted octanol–water partition coefficient (Wildman–Crippen LogP) is 3.21. The molecule has 0 fully saturated rings. The molecule has 2 nitrogen and oxygen atoms in total. The monoisotopic (exact) mass is 251 g/mol. The molecule has 0 radical (unpaired) electrons. The molecule has 0 saturated carbocycles. The van der Waals surface area contributed by atoms with Gasteiger partial charge in [-0.3, -0.25) is 0 Å². The molecule has 2 aliphatic rings. The van der Waals surface area contributed by atoms with Crippen LogP contribution in [0.5, 0.6) is 0 Å². The van der Waals surface area contributed by atoms with Gasteiger partial charge in [0.05, 0.1) is 11.1 Å². The molecule has 1 aliphatic carbocycles. The molecule has 0 bridgehead atoms. The number of nitrogens with zero attached hydrogens (tertiary/aromatic N) is 1. The van der Waals surface area contributed by atoms with E-state index in [0.29, 0.717) is 11.5 Å². The quantitative estimate of drug-likeness (QED) is 0.766. The molecule has 3 rings (SSSR count). The largest absolute Gasteiger partial charge is 0.389 e. The fourth-order valence-electron chi connectivity index (χ4n) is 1.89. The third-order valence-electron chi connectivity index (χ3n) is 2.66. The third-order valence-corrected chi connectivity index (χ3v) is 4.18. The Bertz CT molecular complexity index is 527. The SMILES string of the molecule is OC1C=C(Cl)C2=C(C1)Sc1cccn1C=C2. The summed E-state index contributed by atoms with van der Waals surface area (Å²) in [4.78, 5) is 1.13. The van der Waals surface area contributed by atoms with Crippen LogP contribution < -0.4 is 0 Å². The average molecular weight is 252 g/mol. The van der Waals surface area contributed by atoms with E-state index in [4.69, 9.17) is 11.6 Å². The van der Waals surface area contributed by atoms with Crippen LogP contribution in [0.1, 0.15) is 6.42 Å². The molecule has 2 heterocycles. The lowest BCUT2D eigenvalue weighted by Crippen LogP contribution is -2.09. The number of aliphatic hydroxyl groups is 1. The first-order valence-electron chi connectivity index (χ1n) is 5.06. The van der Waals surface area contributed by atoms with E-state index in [0.717, 1.165) is 15.5 Å². The van der Waals surface area contributed by atoms with Gasteiger partial charge in [0, 0.05) is 34.3 Å². The first-order chi connectivity index (χ1) is 7.74. The number of allylic oxidation sites excluding steroid dienone is 3. The van der Waals surface area contributed by atoms with Gasteiger partial charge in [0.2, 0.25) is 0 Å². The summed E-state index contributed by atoms with van der Waals surface area (Å²) in [6, 6.07) is 4.07. The van der Waals surface area contributed by atoms with E-state index in [1.54, 1.807) is 17.8 Å². The molecular weight excluding hydrogens is 242 g/mol. The van der Waals surface area contributed by atoms with E-state index in [2.05, 4.69) is 10.6 Å². The van der Waals surface area contributed by atoms with Crippen molar-refractivity contribution in [1.29, 1.82) is 0 Å². The molecule has 1 aromatic rings. The summed E-state index contributed by atoms with van der Waals surface area (Å²) in [5.74, 6) is 0. The number of fused-ring (bicyclic) bond motifs is 1. The molecule has 0 amide bonds. The lowest BCUT2D eigenvalue weighted by molar-refractivity contribution is 0.224. The Morgan fingerprint density at radius 1 is 1.50 bits per heavy atom. The van der Waals surface area contributed by atoms with Gasteiger partial charge in [-0.2, -0.15) is 0 Å². The molecule has 0 saturated heterocycles. The second-order valence-electron chi connectivity index (χ2n) is 3.79. The molecule has 1 unspecified atom stereocenters. The lowest BCUT2D eigenvalue weighted by atomic mass is 10.0. The summed E-state index contributed by atoms with van der Waals surface area (Å²) >= 11 is 7.81. The maximum absolute atomic E-state index is 9.67. The van der Waals surface area contributed by atoms with Crippen molar-refractivity contribution in [2.75, 3.05) is 0 Å². The van der Waals surface area contributed by atoms with Crippen LogP contribution in [0.4, 0.5) is 0 Å². The van der Waals surface area contributed by atoms with E-state index in [1.165, 1.54) is 0 Å². The molecule has 16 heavy (non-hydrogen) atoms. The Labute approximate surface area is 103 Å². The van der Waals surface area contributed by atoms with Crippen LogP contribution in [0.15, 0.2) is 51.0 Å². The van der Waals surface area contributed by atoms with Crippen molar-refractivity contribution in [3.63, 3.8) is 0 Å². The van der Waals surface area contributed by atoms with Crippen LogP contribution in [0.3, 0.4) is 0 Å². The molecule has 1 N–H and O–H groups in total. The summed E-state index contributed by atoms with van der Waals surface area (Å²) in [6.07, 6.45) is 7.89. The molecule has 1 aromatic heterocycles. The molecule has 1 atom stereocenters. The first kappa shape index (κ1) is 10.3. The van der Waals surface area contributed by atoms with E-state index in [1.807, 2.05) is 24.5 Å². The van der Waals surface area contributed by atoms with Crippen LogP contribution in [-0.4, -0.2) is 15.8 Å². The summed E-state index contributed by atoms with van der Waals surface area (Å²) in [5, 5.41) is 11.5. The van der Waals surface area contributed by atoms with Crippen molar-refractivity contribution >= 4 is 29.6 Å². The van der Waals surface area contributed by atoms with Crippen LogP contribution >= 0.6 is 23.4 Å². The van der Waals surface area contributed by atoms with Crippen LogP contribution in [-0.2, 0) is 0 Å². The van der Waals surface area contributed by atoms with Gasteiger partial charge in [-0.25, -0.2) is 0 Å². The zero-order valence-electron chi connectivity index (χ0n) is 8.43. The summed E-state index contributed by atoms with van der Waals surface area (Å²) in [7, 11) is 0. The number of thioether (sulfide) groups is 1. The number of aliphatic hydroxyl groups excluding tert-OH is 1. The number of aromatic nitrogens is 1. The van der Waals surface area contributed by atoms with Crippen molar-refractivity contribution in [2.24, 2.45) is 0 Å². The van der Waals surface area contributed by atoms with Crippen molar-refractivity contribution < 1.29 is 5.11 Å². The average Bonchev–Trinajstić information content (AvgIpc) is 2.57. The van der Waals surface area contributed by atoms with Crippen molar-refractivity contribution in [1.82, 2.24) is 4.57 Å². The smallest absolute Gasteiger partial charge is 0.0834 e. The van der Waals surface area contributed by atoms with E-state index in [-0.39, 0.29) is 0 Å². The lowest BCUT2D eigenvalue weighted by Gasteiger charge is -2.18. The van der Waals surface area contributed by atoms with Gasteiger partial charge in [-0.1, -0.05) is 23.4 Å². The van der Waals surface area contributed by atoms with E-state index >= 15 is 0 Å². The van der Waals surface area contributed by atoms with Gasteiger partial charge in [0.15, 0.2) is 0 Å². The minimum absolute atomic E-state index is 0.464. The van der Waals surface area contributed by atoms with Gasteiger partial charge in [0.25, 0.3) is 0 Å². The maximum atomic E-state index is 9.67. The van der Waals surface area contributed by atoms with Gasteiger partial charge < -0.3 is 9.67 Å². The molecular formula is C12H10ClNOS. The standard InChI is InChI=1S/C12H10ClNOS/c13-10-6-8(15)7-11-9(10)3-5-14-4-1-2-12(14)16-11/h1-6,8,15H,7H2. The molecule has 0 spiro atoms. The molecule has 1 aliphatic heterocycles. The minimum Gasteiger partial charge on any atom is -0.389 e. The second kappa shape index (κ2) is 3.84. The highest BCUT2D eigenvalue weighted by Gasteiger charge is 2.21. The molecule has 82 valence electrons. The normalized spacial score (nSPS) is 23.6. The zero-order chi connectivity index (χ0) is 11.1. The Balaban J connectivity index is 2.07. The molecule has 4 heteroatoms. The Kier molecular flexibility index (Phi) is 2.46. The number of hydrogen-bond acceptors (Lipinski definition) is 2. The predicted molar refractivity (Wildman–Crippen MR) is 67.2 cm³/mol. The Morgan fingerprint density at radius 2 is 2.38 bits per heavy atom. The summed E-state index contributed by atoms with van der Waals surface area (Å²) < 4.78 is 2.06. The van der Waals surface area contributed by atoms with Gasteiger partial charge in [-0.15, -0.1) is 0 Å². The number of hydrogen-bond donors (Lipinski definition) is 1. The van der Waals surface area contributed by atoms with Gasteiger partial charge in [-0.05, 0) is 24.3 Å². The number of rotatable bonds is 0. The topological polar surface area (TPSA) is 25.2 Å². The zero-order valence-corrected chi connectivity index (χ0v) is 10.0. The van der Waals surface area contributed by atoms with Crippen LogP contribution in [0.25, 0.3) is 6.20 Å². The highest BCUT2D eigenvalue weighted by atomic mass is 35.5.